The van der Waals surface area contributed by atoms with Gasteiger partial charge in [0.05, 0.1) is 6.54 Å². The van der Waals surface area contributed by atoms with Crippen molar-refractivity contribution < 1.29 is 13.2 Å². The lowest BCUT2D eigenvalue weighted by atomic mass is 10.0. The molecule has 20 heavy (non-hydrogen) atoms. The van der Waals surface area contributed by atoms with E-state index >= 15 is 0 Å². The lowest BCUT2D eigenvalue weighted by Crippen LogP contribution is -2.43. The lowest BCUT2D eigenvalue weighted by Gasteiger charge is -2.33. The van der Waals surface area contributed by atoms with Crippen molar-refractivity contribution in [3.05, 3.63) is 28.2 Å². The molecule has 1 heterocycles. The fourth-order valence-corrected chi connectivity index (χ4v) is 2.79. The Morgan fingerprint density at radius 3 is 2.50 bits per heavy atom. The first-order valence-corrected chi connectivity index (χ1v) is 7.44. The van der Waals surface area contributed by atoms with Crippen LogP contribution >= 0.6 is 15.9 Å². The van der Waals surface area contributed by atoms with Gasteiger partial charge in [0.25, 0.3) is 0 Å². The zero-order valence-electron chi connectivity index (χ0n) is 11.3. The summed E-state index contributed by atoms with van der Waals surface area (Å²) in [6.07, 6.45) is -2.62. The van der Waals surface area contributed by atoms with Gasteiger partial charge < -0.3 is 5.32 Å². The highest BCUT2D eigenvalue weighted by Crippen LogP contribution is 2.24. The molecule has 1 N–H and O–H groups in total. The van der Waals surface area contributed by atoms with Crippen molar-refractivity contribution in [1.82, 2.24) is 4.90 Å². The number of anilines is 1. The van der Waals surface area contributed by atoms with Gasteiger partial charge in [-0.15, -0.1) is 0 Å². The molecule has 1 aromatic rings. The maximum atomic E-state index is 12.3. The Kier molecular flexibility index (Phi) is 4.96. The fourth-order valence-electron chi connectivity index (χ4n) is 2.41. The van der Waals surface area contributed by atoms with Crippen LogP contribution in [0.3, 0.4) is 0 Å². The summed E-state index contributed by atoms with van der Waals surface area (Å²) in [5.41, 5.74) is 2.17. The maximum Gasteiger partial charge on any atom is 0.401 e. The van der Waals surface area contributed by atoms with Gasteiger partial charge in [0.1, 0.15) is 0 Å². The molecule has 1 aliphatic rings. The molecule has 0 aromatic heterocycles. The lowest BCUT2D eigenvalue weighted by molar-refractivity contribution is -0.147. The largest absolute Gasteiger partial charge is 0.401 e. The van der Waals surface area contributed by atoms with Crippen LogP contribution in [0.4, 0.5) is 18.9 Å². The van der Waals surface area contributed by atoms with Gasteiger partial charge in [0.2, 0.25) is 0 Å². The van der Waals surface area contributed by atoms with Crippen molar-refractivity contribution in [2.24, 2.45) is 0 Å². The molecule has 0 amide bonds. The molecule has 1 saturated heterocycles. The third-order valence-corrected chi connectivity index (χ3v) is 4.39. The Morgan fingerprint density at radius 2 is 1.95 bits per heavy atom. The zero-order valence-corrected chi connectivity index (χ0v) is 12.9. The summed E-state index contributed by atoms with van der Waals surface area (Å²) in [5, 5.41) is 3.39. The Morgan fingerprint density at radius 1 is 1.30 bits per heavy atom. The van der Waals surface area contributed by atoms with Gasteiger partial charge in [-0.25, -0.2) is 0 Å². The van der Waals surface area contributed by atoms with Crippen LogP contribution < -0.4 is 5.32 Å². The molecular weight excluding hydrogens is 333 g/mol. The van der Waals surface area contributed by atoms with E-state index in [0.29, 0.717) is 13.1 Å². The number of nitrogens with one attached hydrogen (secondary N) is 1. The molecule has 0 radical (unpaired) electrons. The minimum atomic E-state index is -4.10. The normalized spacial score (nSPS) is 18.2. The highest BCUT2D eigenvalue weighted by Gasteiger charge is 2.32. The second kappa shape index (κ2) is 6.35. The van der Waals surface area contributed by atoms with Gasteiger partial charge in [-0.05, 0) is 37.5 Å². The Labute approximate surface area is 125 Å². The number of benzene rings is 1. The van der Waals surface area contributed by atoms with Crippen molar-refractivity contribution >= 4 is 21.6 Å². The molecule has 1 fully saturated rings. The summed E-state index contributed by atoms with van der Waals surface area (Å²) in [6.45, 7) is 2.20. The Bertz CT molecular complexity index is 454. The van der Waals surface area contributed by atoms with E-state index in [9.17, 15) is 13.2 Å². The summed E-state index contributed by atoms with van der Waals surface area (Å²) in [4.78, 5) is 1.48. The average molecular weight is 351 g/mol. The molecule has 6 heteroatoms. The first-order chi connectivity index (χ1) is 9.33. The number of hydrogen-bond acceptors (Lipinski definition) is 2. The van der Waals surface area contributed by atoms with Crippen LogP contribution in [0.2, 0.25) is 0 Å². The molecular formula is C14H18BrF3N2. The Balaban J connectivity index is 1.83. The summed E-state index contributed by atoms with van der Waals surface area (Å²) >= 11 is 3.48. The van der Waals surface area contributed by atoms with Gasteiger partial charge >= 0.3 is 6.18 Å². The summed E-state index contributed by atoms with van der Waals surface area (Å²) in [7, 11) is 0. The first kappa shape index (κ1) is 15.6. The number of nitrogens with zero attached hydrogens (tertiary/aromatic N) is 1. The SMILES string of the molecule is Cc1ccc(NC2CCN(CC(F)(F)F)CC2)cc1Br. The quantitative estimate of drug-likeness (QED) is 0.878. The number of piperidine rings is 1. The minimum absolute atomic E-state index is 0.245. The fraction of sp³-hybridized carbons (Fsp3) is 0.571. The van der Waals surface area contributed by atoms with Crippen molar-refractivity contribution in [2.45, 2.75) is 32.0 Å². The van der Waals surface area contributed by atoms with Gasteiger partial charge in [-0.1, -0.05) is 22.0 Å². The van der Waals surface area contributed by atoms with Crippen LogP contribution in [0.1, 0.15) is 18.4 Å². The number of likely N-dealkylation sites (tertiary alicyclic amines) is 1. The number of alkyl halides is 3. The van der Waals surface area contributed by atoms with E-state index in [1.807, 2.05) is 25.1 Å². The van der Waals surface area contributed by atoms with Crippen LogP contribution in [-0.4, -0.2) is 36.8 Å². The highest BCUT2D eigenvalue weighted by molar-refractivity contribution is 9.10. The smallest absolute Gasteiger partial charge is 0.382 e. The van der Waals surface area contributed by atoms with Crippen LogP contribution in [0.15, 0.2) is 22.7 Å². The first-order valence-electron chi connectivity index (χ1n) is 6.65. The van der Waals surface area contributed by atoms with E-state index in [4.69, 9.17) is 0 Å². The highest BCUT2D eigenvalue weighted by atomic mass is 79.9. The van der Waals surface area contributed by atoms with E-state index < -0.39 is 12.7 Å². The average Bonchev–Trinajstić information content (AvgIpc) is 2.35. The molecule has 0 spiro atoms. The summed E-state index contributed by atoms with van der Waals surface area (Å²) < 4.78 is 38.0. The molecule has 0 bridgehead atoms. The molecule has 1 aromatic carbocycles. The third-order valence-electron chi connectivity index (χ3n) is 3.53. The number of rotatable bonds is 3. The van der Waals surface area contributed by atoms with Crippen molar-refractivity contribution in [2.75, 3.05) is 25.0 Å². The maximum absolute atomic E-state index is 12.3. The number of halogens is 4. The van der Waals surface area contributed by atoms with Gasteiger partial charge in [-0.2, -0.15) is 13.2 Å². The predicted molar refractivity (Wildman–Crippen MR) is 78.0 cm³/mol. The summed E-state index contributed by atoms with van der Waals surface area (Å²) in [6, 6.07) is 6.28. The van der Waals surface area contributed by atoms with Crippen molar-refractivity contribution in [3.63, 3.8) is 0 Å². The molecule has 0 unspecified atom stereocenters. The Hall–Kier alpha value is -0.750. The molecule has 2 nitrogen and oxygen atoms in total. The van der Waals surface area contributed by atoms with E-state index in [-0.39, 0.29) is 6.04 Å². The minimum Gasteiger partial charge on any atom is -0.382 e. The zero-order chi connectivity index (χ0) is 14.8. The molecule has 2 rings (SSSR count). The van der Waals surface area contributed by atoms with Crippen molar-refractivity contribution in [1.29, 1.82) is 0 Å². The number of hydrogen-bond donors (Lipinski definition) is 1. The molecule has 0 saturated carbocycles. The second-order valence-corrected chi connectivity index (χ2v) is 6.13. The van der Waals surface area contributed by atoms with Gasteiger partial charge in [0.15, 0.2) is 0 Å². The van der Waals surface area contributed by atoms with E-state index in [0.717, 1.165) is 28.6 Å². The van der Waals surface area contributed by atoms with Crippen LogP contribution in [0, 0.1) is 6.92 Å². The van der Waals surface area contributed by atoms with Gasteiger partial charge in [-0.3, -0.25) is 4.90 Å². The summed E-state index contributed by atoms with van der Waals surface area (Å²) in [5.74, 6) is 0. The molecule has 0 atom stereocenters. The van der Waals surface area contributed by atoms with E-state index in [2.05, 4.69) is 21.2 Å². The van der Waals surface area contributed by atoms with Crippen molar-refractivity contribution in [3.8, 4) is 0 Å². The van der Waals surface area contributed by atoms with Gasteiger partial charge in [0, 0.05) is 29.3 Å². The molecule has 0 aliphatic carbocycles. The van der Waals surface area contributed by atoms with E-state index in [1.54, 1.807) is 0 Å². The third kappa shape index (κ3) is 4.66. The number of aryl methyl sites for hydroxylation is 1. The second-order valence-electron chi connectivity index (χ2n) is 5.27. The topological polar surface area (TPSA) is 15.3 Å². The standard InChI is InChI=1S/C14H18BrF3N2/c1-10-2-3-12(8-13(10)15)19-11-4-6-20(7-5-11)9-14(16,17)18/h2-3,8,11,19H,4-7,9H2,1H3. The predicted octanol–water partition coefficient (Wildman–Crippen LogP) is 4.20. The van der Waals surface area contributed by atoms with E-state index in [1.165, 1.54) is 4.90 Å². The van der Waals surface area contributed by atoms with Crippen LogP contribution in [0.5, 0.6) is 0 Å². The van der Waals surface area contributed by atoms with Crippen LogP contribution in [-0.2, 0) is 0 Å². The van der Waals surface area contributed by atoms with Crippen LogP contribution in [0.25, 0.3) is 0 Å². The molecule has 1 aliphatic heterocycles. The molecule has 112 valence electrons. The monoisotopic (exact) mass is 350 g/mol.